The quantitative estimate of drug-likeness (QED) is 0.155. The van der Waals surface area contributed by atoms with E-state index in [9.17, 15) is 0 Å². The van der Waals surface area contributed by atoms with Crippen molar-refractivity contribution in [2.24, 2.45) is 0 Å². The second-order valence-electron chi connectivity index (χ2n) is 21.2. The molecule has 2 aromatic heterocycles. The first-order valence-electron chi connectivity index (χ1n) is 27.1. The molecule has 2 heterocycles. The molecule has 15 aromatic rings. The highest BCUT2D eigenvalue weighted by Crippen LogP contribution is 2.61. The zero-order valence-electron chi connectivity index (χ0n) is 42.4. The fourth-order valence-electron chi connectivity index (χ4n) is 14.7. The summed E-state index contributed by atoms with van der Waals surface area (Å²) in [4.78, 5) is 0. The Morgan fingerprint density at radius 2 is 0.615 bits per heavy atom. The van der Waals surface area contributed by atoms with Gasteiger partial charge in [0, 0.05) is 32.7 Å². The molecular weight excluding hydrogens is 945 g/mol. The predicted octanol–water partition coefficient (Wildman–Crippen LogP) is 19.9. The van der Waals surface area contributed by atoms with Gasteiger partial charge in [0.25, 0.3) is 0 Å². The molecule has 2 heteroatoms. The third-order valence-electron chi connectivity index (χ3n) is 17.6. The molecule has 0 unspecified atom stereocenters. The highest BCUT2D eigenvalue weighted by molar-refractivity contribution is 6.26. The number of hydrogen-bond donors (Lipinski definition) is 0. The van der Waals surface area contributed by atoms with Crippen molar-refractivity contribution in [2.75, 3.05) is 0 Å². The molecule has 2 aliphatic carbocycles. The van der Waals surface area contributed by atoms with Gasteiger partial charge in [-0.1, -0.05) is 255 Å². The summed E-state index contributed by atoms with van der Waals surface area (Å²) in [7, 11) is 0. The molecule has 0 fully saturated rings. The number of fused-ring (bicyclic) bond motifs is 16. The van der Waals surface area contributed by atoms with Gasteiger partial charge in [0.2, 0.25) is 0 Å². The normalized spacial score (nSPS) is 13.8. The highest BCUT2D eigenvalue weighted by atomic mass is 16.3. The second-order valence-corrected chi connectivity index (χ2v) is 21.2. The fraction of sp³-hybridized carbons (Fsp3) is 0.0263. The minimum atomic E-state index is -0.520. The van der Waals surface area contributed by atoms with Crippen LogP contribution in [-0.4, -0.2) is 0 Å². The molecule has 0 atom stereocenters. The maximum Gasteiger partial charge on any atom is 0.143 e. The van der Waals surface area contributed by atoms with E-state index in [0.29, 0.717) is 0 Å². The van der Waals surface area contributed by atoms with Gasteiger partial charge in [-0.2, -0.15) is 0 Å². The van der Waals surface area contributed by atoms with Gasteiger partial charge in [-0.05, 0) is 124 Å². The topological polar surface area (TPSA) is 26.3 Å². The van der Waals surface area contributed by atoms with E-state index in [-0.39, 0.29) is 0 Å². The standard InChI is InChI=1S/C76H46O2/c1-5-22-48(23-6-1)75(49-24-7-2-8-25-49)61-38-19-17-34-56(61)70-63(75)42-45-67-72(70)59-37-21-36-58(74(59)78-67)69-54-32-15-13-30-52(54)68(53-31-14-16-33-55(53)69)47-40-43-65-60(46-47)73-66(77-65)44-41-64-71(73)57-35-18-20-39-62(57)76(64,50-26-9-3-10-27-50)51-28-11-4-12-29-51/h1-46H. The summed E-state index contributed by atoms with van der Waals surface area (Å²) in [6.45, 7) is 0. The van der Waals surface area contributed by atoms with E-state index < -0.39 is 10.8 Å². The van der Waals surface area contributed by atoms with Crippen LogP contribution in [0.1, 0.15) is 44.5 Å². The Bertz CT molecular complexity index is 4810. The van der Waals surface area contributed by atoms with Crippen LogP contribution >= 0.6 is 0 Å². The summed E-state index contributed by atoms with van der Waals surface area (Å²) in [5.41, 5.74) is 22.1. The largest absolute Gasteiger partial charge is 0.456 e. The van der Waals surface area contributed by atoms with E-state index in [4.69, 9.17) is 8.83 Å². The van der Waals surface area contributed by atoms with E-state index in [1.165, 1.54) is 93.9 Å². The third-order valence-corrected chi connectivity index (χ3v) is 17.6. The van der Waals surface area contributed by atoms with Crippen molar-refractivity contribution in [3.63, 3.8) is 0 Å². The number of rotatable bonds is 6. The summed E-state index contributed by atoms with van der Waals surface area (Å²) in [5.74, 6) is 0. The third kappa shape index (κ3) is 5.60. The second kappa shape index (κ2) is 16.2. The monoisotopic (exact) mass is 990 g/mol. The molecule has 2 nitrogen and oxygen atoms in total. The molecule has 0 saturated carbocycles. The molecule has 0 N–H and O–H groups in total. The molecular formula is C76H46O2. The van der Waals surface area contributed by atoms with E-state index in [1.807, 2.05) is 0 Å². The van der Waals surface area contributed by atoms with Gasteiger partial charge in [-0.25, -0.2) is 0 Å². The van der Waals surface area contributed by atoms with Crippen LogP contribution in [0, 0.1) is 0 Å². The van der Waals surface area contributed by atoms with Crippen molar-refractivity contribution in [3.8, 4) is 44.5 Å². The van der Waals surface area contributed by atoms with Crippen LogP contribution in [0.25, 0.3) is 110 Å². The summed E-state index contributed by atoms with van der Waals surface area (Å²) in [6, 6.07) is 103. The van der Waals surface area contributed by atoms with Crippen LogP contribution in [0.4, 0.5) is 0 Å². The summed E-state index contributed by atoms with van der Waals surface area (Å²) >= 11 is 0. The lowest BCUT2D eigenvalue weighted by atomic mass is 9.67. The van der Waals surface area contributed by atoms with E-state index in [2.05, 4.69) is 279 Å². The minimum absolute atomic E-state index is 0.517. The Hall–Kier alpha value is -10.0. The first kappa shape index (κ1) is 43.2. The van der Waals surface area contributed by atoms with Gasteiger partial charge in [0.05, 0.1) is 10.8 Å². The zero-order chi connectivity index (χ0) is 51.1. The Kier molecular flexibility index (Phi) is 9.01. The first-order chi connectivity index (χ1) is 38.7. The summed E-state index contributed by atoms with van der Waals surface area (Å²) in [6.07, 6.45) is 0. The lowest BCUT2D eigenvalue weighted by Crippen LogP contribution is -2.28. The number of furan rings is 2. The van der Waals surface area contributed by atoms with Crippen LogP contribution < -0.4 is 0 Å². The SMILES string of the molecule is c1ccc(C2(c3ccccc3)c3ccccc3-c3c2ccc2oc4ccc(-c5c6ccccc6c(-c6cccc7c6oc6ccc8c(c67)-c6ccccc6C8(c6ccccc6)c6ccccc6)c6ccccc56)cc4c32)cc1. The maximum absolute atomic E-state index is 7.27. The molecule has 0 bridgehead atoms. The van der Waals surface area contributed by atoms with Gasteiger partial charge in [0.15, 0.2) is 0 Å². The van der Waals surface area contributed by atoms with Gasteiger partial charge >= 0.3 is 0 Å². The van der Waals surface area contributed by atoms with Gasteiger partial charge < -0.3 is 8.83 Å². The Balaban J connectivity index is 0.901. The van der Waals surface area contributed by atoms with Crippen LogP contribution in [-0.2, 0) is 10.8 Å². The predicted molar refractivity (Wildman–Crippen MR) is 321 cm³/mol. The molecule has 2 aliphatic rings. The van der Waals surface area contributed by atoms with Gasteiger partial charge in [-0.3, -0.25) is 0 Å². The highest BCUT2D eigenvalue weighted by Gasteiger charge is 2.48. The van der Waals surface area contributed by atoms with Crippen LogP contribution in [0.2, 0.25) is 0 Å². The molecule has 0 spiro atoms. The lowest BCUT2D eigenvalue weighted by Gasteiger charge is -2.33. The average Bonchev–Trinajstić information content (AvgIpc) is 3.78. The number of hydrogen-bond acceptors (Lipinski definition) is 2. The Morgan fingerprint density at radius 1 is 0.231 bits per heavy atom. The lowest BCUT2D eigenvalue weighted by molar-refractivity contribution is 0.668. The van der Waals surface area contributed by atoms with Crippen molar-refractivity contribution in [1.29, 1.82) is 0 Å². The zero-order valence-corrected chi connectivity index (χ0v) is 42.4. The van der Waals surface area contributed by atoms with Crippen LogP contribution in [0.5, 0.6) is 0 Å². The van der Waals surface area contributed by atoms with Crippen molar-refractivity contribution in [1.82, 2.24) is 0 Å². The van der Waals surface area contributed by atoms with Crippen LogP contribution in [0.15, 0.2) is 288 Å². The molecule has 0 saturated heterocycles. The van der Waals surface area contributed by atoms with Crippen molar-refractivity contribution >= 4 is 65.4 Å². The number of benzene rings is 13. The summed E-state index contributed by atoms with van der Waals surface area (Å²) in [5, 5.41) is 9.21. The summed E-state index contributed by atoms with van der Waals surface area (Å²) < 4.78 is 14.1. The first-order valence-corrected chi connectivity index (χ1v) is 27.1. The molecule has 0 aliphatic heterocycles. The smallest absolute Gasteiger partial charge is 0.143 e. The minimum Gasteiger partial charge on any atom is -0.456 e. The fourth-order valence-corrected chi connectivity index (χ4v) is 14.7. The maximum atomic E-state index is 7.27. The van der Waals surface area contributed by atoms with Crippen LogP contribution in [0.3, 0.4) is 0 Å². The molecule has 362 valence electrons. The Morgan fingerprint density at radius 3 is 1.12 bits per heavy atom. The van der Waals surface area contributed by atoms with E-state index >= 15 is 0 Å². The molecule has 78 heavy (non-hydrogen) atoms. The molecule has 13 aromatic carbocycles. The van der Waals surface area contributed by atoms with Crippen molar-refractivity contribution in [3.05, 3.63) is 324 Å². The van der Waals surface area contributed by atoms with Gasteiger partial charge in [0.1, 0.15) is 22.3 Å². The molecule has 0 radical (unpaired) electrons. The molecule has 17 rings (SSSR count). The average molecular weight is 991 g/mol. The number of para-hydroxylation sites is 1. The molecule has 0 amide bonds. The van der Waals surface area contributed by atoms with E-state index in [0.717, 1.165) is 60.6 Å². The van der Waals surface area contributed by atoms with Gasteiger partial charge in [-0.15, -0.1) is 0 Å². The van der Waals surface area contributed by atoms with Crippen molar-refractivity contribution in [2.45, 2.75) is 10.8 Å². The Labute approximate surface area is 450 Å². The van der Waals surface area contributed by atoms with Crippen molar-refractivity contribution < 1.29 is 8.83 Å². The van der Waals surface area contributed by atoms with E-state index in [1.54, 1.807) is 0 Å².